The molecule has 120 valence electrons. The first-order chi connectivity index (χ1) is 11.0. The minimum absolute atomic E-state index is 0.00383. The first kappa shape index (κ1) is 16.6. The Morgan fingerprint density at radius 2 is 1.91 bits per heavy atom. The van der Waals surface area contributed by atoms with E-state index in [1.807, 2.05) is 12.1 Å². The van der Waals surface area contributed by atoms with Gasteiger partial charge in [0.1, 0.15) is 11.7 Å². The zero-order chi connectivity index (χ0) is 17.0. The molecule has 0 aliphatic carbocycles. The molecule has 0 N–H and O–H groups in total. The topological polar surface area (TPSA) is 86.5 Å². The number of ether oxygens (including phenoxy) is 1. The largest absolute Gasteiger partial charge is 0.468 e. The van der Waals surface area contributed by atoms with E-state index in [1.165, 1.54) is 20.1 Å². The van der Waals surface area contributed by atoms with Crippen molar-refractivity contribution in [3.63, 3.8) is 0 Å². The molecule has 0 radical (unpaired) electrons. The number of methoxy groups -OCH3 is 1. The summed E-state index contributed by atoms with van der Waals surface area (Å²) < 4.78 is 4.63. The van der Waals surface area contributed by atoms with Crippen LogP contribution in [0.15, 0.2) is 36.4 Å². The Morgan fingerprint density at radius 3 is 2.52 bits per heavy atom. The van der Waals surface area contributed by atoms with Crippen molar-refractivity contribution < 1.29 is 19.2 Å². The first-order valence-electron chi connectivity index (χ1n) is 7.19. The standard InChI is InChI=1S/C17H17NO5/c1-11(19)13(17(20)23-2)8-9-15-14-6-4-3-5-12(14)7-10-16(15)18(21)22/h3-7,10,13H,8-9H2,1-2H3. The Balaban J connectivity index is 2.41. The lowest BCUT2D eigenvalue weighted by Crippen LogP contribution is -2.24. The van der Waals surface area contributed by atoms with Crippen LogP contribution in [-0.2, 0) is 20.7 Å². The molecule has 0 saturated carbocycles. The maximum Gasteiger partial charge on any atom is 0.316 e. The number of fused-ring (bicyclic) bond motifs is 1. The van der Waals surface area contributed by atoms with Gasteiger partial charge in [-0.15, -0.1) is 0 Å². The van der Waals surface area contributed by atoms with E-state index in [0.29, 0.717) is 5.56 Å². The third kappa shape index (κ3) is 3.53. The van der Waals surface area contributed by atoms with Gasteiger partial charge in [-0.25, -0.2) is 0 Å². The van der Waals surface area contributed by atoms with E-state index in [4.69, 9.17) is 0 Å². The number of esters is 1. The molecule has 0 bridgehead atoms. The molecule has 2 aromatic carbocycles. The van der Waals surface area contributed by atoms with Gasteiger partial charge in [-0.3, -0.25) is 19.7 Å². The molecule has 1 unspecified atom stereocenters. The van der Waals surface area contributed by atoms with E-state index in [2.05, 4.69) is 4.74 Å². The quantitative estimate of drug-likeness (QED) is 0.354. The van der Waals surface area contributed by atoms with Crippen LogP contribution in [0.25, 0.3) is 10.8 Å². The lowest BCUT2D eigenvalue weighted by molar-refractivity contribution is -0.385. The number of rotatable bonds is 6. The fourth-order valence-corrected chi connectivity index (χ4v) is 2.68. The van der Waals surface area contributed by atoms with Crippen LogP contribution in [-0.4, -0.2) is 23.8 Å². The van der Waals surface area contributed by atoms with Gasteiger partial charge in [-0.05, 0) is 36.6 Å². The van der Waals surface area contributed by atoms with Gasteiger partial charge < -0.3 is 4.74 Å². The van der Waals surface area contributed by atoms with Gasteiger partial charge in [0.05, 0.1) is 12.0 Å². The molecule has 2 rings (SSSR count). The third-order valence-corrected chi connectivity index (χ3v) is 3.87. The summed E-state index contributed by atoms with van der Waals surface area (Å²) in [5.41, 5.74) is 0.527. The summed E-state index contributed by atoms with van der Waals surface area (Å²) in [6, 6.07) is 10.5. The van der Waals surface area contributed by atoms with E-state index >= 15 is 0 Å². The Kier molecular flexibility index (Phi) is 5.05. The molecule has 0 aromatic heterocycles. The smallest absolute Gasteiger partial charge is 0.316 e. The highest BCUT2D eigenvalue weighted by Crippen LogP contribution is 2.30. The van der Waals surface area contributed by atoms with Crippen molar-refractivity contribution in [2.75, 3.05) is 7.11 Å². The number of aryl methyl sites for hydroxylation is 1. The van der Waals surface area contributed by atoms with Crippen LogP contribution in [0.1, 0.15) is 18.9 Å². The molecule has 6 heteroatoms. The van der Waals surface area contributed by atoms with Crippen LogP contribution >= 0.6 is 0 Å². The number of carbonyl (C=O) groups is 2. The number of carbonyl (C=O) groups excluding carboxylic acids is 2. The van der Waals surface area contributed by atoms with Gasteiger partial charge in [0.25, 0.3) is 5.69 Å². The molecule has 0 spiro atoms. The highest BCUT2D eigenvalue weighted by Gasteiger charge is 2.26. The van der Waals surface area contributed by atoms with Crippen LogP contribution in [0, 0.1) is 16.0 Å². The third-order valence-electron chi connectivity index (χ3n) is 3.87. The summed E-state index contributed by atoms with van der Waals surface area (Å²) in [6.07, 6.45) is 0.424. The normalized spacial score (nSPS) is 11.9. The second-order valence-electron chi connectivity index (χ2n) is 5.27. The predicted octanol–water partition coefficient (Wildman–Crippen LogP) is 3.06. The van der Waals surface area contributed by atoms with Crippen LogP contribution < -0.4 is 0 Å². The van der Waals surface area contributed by atoms with Gasteiger partial charge in [-0.1, -0.05) is 24.3 Å². The van der Waals surface area contributed by atoms with Crippen molar-refractivity contribution in [1.82, 2.24) is 0 Å². The number of hydrogen-bond acceptors (Lipinski definition) is 5. The minimum atomic E-state index is -0.904. The highest BCUT2D eigenvalue weighted by atomic mass is 16.6. The molecular weight excluding hydrogens is 298 g/mol. The number of nitrogens with zero attached hydrogens (tertiary/aromatic N) is 1. The Hall–Kier alpha value is -2.76. The van der Waals surface area contributed by atoms with E-state index in [1.54, 1.807) is 18.2 Å². The monoisotopic (exact) mass is 315 g/mol. The second kappa shape index (κ2) is 7.00. The number of ketones is 1. The number of Topliss-reactive ketones (excluding diaryl/α,β-unsaturated/α-hetero) is 1. The van der Waals surface area contributed by atoms with Gasteiger partial charge in [0, 0.05) is 11.6 Å². The molecular formula is C17H17NO5. The van der Waals surface area contributed by atoms with Crippen LogP contribution in [0.4, 0.5) is 5.69 Å². The second-order valence-corrected chi connectivity index (χ2v) is 5.27. The lowest BCUT2D eigenvalue weighted by atomic mass is 9.92. The minimum Gasteiger partial charge on any atom is -0.468 e. The Bertz CT molecular complexity index is 769. The maximum absolute atomic E-state index is 11.7. The summed E-state index contributed by atoms with van der Waals surface area (Å²) in [5, 5.41) is 12.9. The van der Waals surface area contributed by atoms with Gasteiger partial charge >= 0.3 is 5.97 Å². The first-order valence-corrected chi connectivity index (χ1v) is 7.19. The lowest BCUT2D eigenvalue weighted by Gasteiger charge is -2.12. The molecule has 0 amide bonds. The van der Waals surface area contributed by atoms with Crippen LogP contribution in [0.2, 0.25) is 0 Å². The maximum atomic E-state index is 11.7. The molecule has 0 saturated heterocycles. The van der Waals surface area contributed by atoms with E-state index in [0.717, 1.165) is 10.8 Å². The average molecular weight is 315 g/mol. The predicted molar refractivity (Wildman–Crippen MR) is 85.1 cm³/mol. The molecule has 0 heterocycles. The molecule has 2 aromatic rings. The van der Waals surface area contributed by atoms with Crippen LogP contribution in [0.5, 0.6) is 0 Å². The fraction of sp³-hybridized carbons (Fsp3) is 0.294. The summed E-state index contributed by atoms with van der Waals surface area (Å²) in [6.45, 7) is 1.32. The average Bonchev–Trinajstić information content (AvgIpc) is 2.54. The zero-order valence-corrected chi connectivity index (χ0v) is 12.9. The SMILES string of the molecule is COC(=O)C(CCc1c([N+](=O)[O-])ccc2ccccc12)C(C)=O. The molecule has 6 nitrogen and oxygen atoms in total. The molecule has 0 aliphatic rings. The van der Waals surface area contributed by atoms with Crippen molar-refractivity contribution in [3.05, 3.63) is 52.1 Å². The summed E-state index contributed by atoms with van der Waals surface area (Å²) in [4.78, 5) is 34.1. The highest BCUT2D eigenvalue weighted by molar-refractivity contribution is 5.97. The molecule has 23 heavy (non-hydrogen) atoms. The number of benzene rings is 2. The van der Waals surface area contributed by atoms with Crippen molar-refractivity contribution in [1.29, 1.82) is 0 Å². The Labute approximate surface area is 133 Å². The van der Waals surface area contributed by atoms with E-state index < -0.39 is 16.8 Å². The zero-order valence-electron chi connectivity index (χ0n) is 12.9. The van der Waals surface area contributed by atoms with Crippen molar-refractivity contribution >= 4 is 28.2 Å². The summed E-state index contributed by atoms with van der Waals surface area (Å²) in [5.74, 6) is -1.82. The number of hydrogen-bond donors (Lipinski definition) is 0. The molecule has 0 aliphatic heterocycles. The van der Waals surface area contributed by atoms with Gasteiger partial charge in [0.2, 0.25) is 0 Å². The van der Waals surface area contributed by atoms with E-state index in [9.17, 15) is 19.7 Å². The van der Waals surface area contributed by atoms with Crippen LogP contribution in [0.3, 0.4) is 0 Å². The van der Waals surface area contributed by atoms with Crippen molar-refractivity contribution in [2.24, 2.45) is 5.92 Å². The number of nitro groups is 1. The molecule has 0 fully saturated rings. The summed E-state index contributed by atoms with van der Waals surface area (Å²) in [7, 11) is 1.22. The van der Waals surface area contributed by atoms with Crippen molar-refractivity contribution in [2.45, 2.75) is 19.8 Å². The summed E-state index contributed by atoms with van der Waals surface area (Å²) >= 11 is 0. The fourth-order valence-electron chi connectivity index (χ4n) is 2.68. The molecule has 1 atom stereocenters. The number of nitro benzene ring substituents is 1. The van der Waals surface area contributed by atoms with E-state index in [-0.39, 0.29) is 24.3 Å². The van der Waals surface area contributed by atoms with Gasteiger partial charge in [-0.2, -0.15) is 0 Å². The van der Waals surface area contributed by atoms with Crippen molar-refractivity contribution in [3.8, 4) is 0 Å². The Morgan fingerprint density at radius 1 is 1.22 bits per heavy atom. The van der Waals surface area contributed by atoms with Gasteiger partial charge in [0.15, 0.2) is 0 Å².